The Balaban J connectivity index is 1.89. The number of carbonyl (C=O) groups is 2. The number of carbonyl (C=O) groups excluding carboxylic acids is 1. The van der Waals surface area contributed by atoms with Gasteiger partial charge in [0.05, 0.1) is 11.9 Å². The third kappa shape index (κ3) is 6.07. The number of benzene rings is 1. The fourth-order valence-corrected chi connectivity index (χ4v) is 3.43. The standard InChI is InChI=1S/C21H22N4O7S/c1-4-33(29,30)19-6-5-15(12-22-19)32-17-10-14(9-16(11-17)31-13(2)21(27)28)20(26)23-18-7-8-25(3)24-18/h5-13H,4H2,1-3H3,(H,27,28)(H,23,24,26). The van der Waals surface area contributed by atoms with Crippen LogP contribution in [0.15, 0.2) is 53.8 Å². The Morgan fingerprint density at radius 2 is 1.88 bits per heavy atom. The van der Waals surface area contributed by atoms with Crippen LogP contribution in [0.5, 0.6) is 17.2 Å². The van der Waals surface area contributed by atoms with Crippen molar-refractivity contribution in [3.8, 4) is 17.2 Å². The fourth-order valence-electron chi connectivity index (χ4n) is 2.65. The quantitative estimate of drug-likeness (QED) is 0.477. The highest BCUT2D eigenvalue weighted by Gasteiger charge is 2.18. The first-order valence-corrected chi connectivity index (χ1v) is 11.4. The summed E-state index contributed by atoms with van der Waals surface area (Å²) in [6.45, 7) is 2.86. The summed E-state index contributed by atoms with van der Waals surface area (Å²) in [7, 11) is -1.76. The summed E-state index contributed by atoms with van der Waals surface area (Å²) in [4.78, 5) is 27.8. The van der Waals surface area contributed by atoms with E-state index in [-0.39, 0.29) is 33.6 Å². The molecule has 11 nitrogen and oxygen atoms in total. The third-order valence-corrected chi connectivity index (χ3v) is 6.04. The molecule has 2 N–H and O–H groups in total. The Bertz CT molecular complexity index is 1270. The number of hydrogen-bond donors (Lipinski definition) is 2. The van der Waals surface area contributed by atoms with Crippen molar-refractivity contribution in [2.24, 2.45) is 7.05 Å². The number of nitrogens with zero attached hydrogens (tertiary/aromatic N) is 3. The zero-order valence-corrected chi connectivity index (χ0v) is 18.9. The molecule has 1 amide bonds. The molecule has 1 unspecified atom stereocenters. The number of aliphatic carboxylic acids is 1. The molecule has 0 aliphatic rings. The average molecular weight is 474 g/mol. The number of sulfone groups is 1. The van der Waals surface area contributed by atoms with E-state index in [0.717, 1.165) is 0 Å². The van der Waals surface area contributed by atoms with E-state index in [2.05, 4.69) is 15.4 Å². The second kappa shape index (κ2) is 9.69. The number of carboxylic acids is 1. The summed E-state index contributed by atoms with van der Waals surface area (Å²) in [5, 5.41) is 15.8. The van der Waals surface area contributed by atoms with E-state index in [1.807, 2.05) is 0 Å². The van der Waals surface area contributed by atoms with Crippen LogP contribution in [0.2, 0.25) is 0 Å². The maximum Gasteiger partial charge on any atom is 0.344 e. The van der Waals surface area contributed by atoms with Crippen molar-refractivity contribution in [1.29, 1.82) is 0 Å². The van der Waals surface area contributed by atoms with Gasteiger partial charge in [0, 0.05) is 30.9 Å². The van der Waals surface area contributed by atoms with Crippen LogP contribution in [0, 0.1) is 0 Å². The number of aryl methyl sites for hydroxylation is 1. The van der Waals surface area contributed by atoms with Gasteiger partial charge >= 0.3 is 5.97 Å². The van der Waals surface area contributed by atoms with Crippen molar-refractivity contribution in [3.05, 3.63) is 54.4 Å². The first-order chi connectivity index (χ1) is 15.6. The second-order valence-corrected chi connectivity index (χ2v) is 9.18. The average Bonchev–Trinajstić information content (AvgIpc) is 3.18. The molecule has 0 bridgehead atoms. The van der Waals surface area contributed by atoms with Gasteiger partial charge in [0.1, 0.15) is 17.2 Å². The minimum Gasteiger partial charge on any atom is -0.479 e. The number of anilines is 1. The number of hydrogen-bond acceptors (Lipinski definition) is 8. The van der Waals surface area contributed by atoms with Crippen LogP contribution >= 0.6 is 0 Å². The smallest absolute Gasteiger partial charge is 0.344 e. The summed E-state index contributed by atoms with van der Waals surface area (Å²) >= 11 is 0. The van der Waals surface area contributed by atoms with Crippen LogP contribution in [0.1, 0.15) is 24.2 Å². The van der Waals surface area contributed by atoms with Crippen LogP contribution in [-0.2, 0) is 21.7 Å². The van der Waals surface area contributed by atoms with Gasteiger partial charge in [-0.3, -0.25) is 9.48 Å². The van der Waals surface area contributed by atoms with Gasteiger partial charge in [-0.15, -0.1) is 0 Å². The molecule has 0 fully saturated rings. The molecular formula is C21H22N4O7S. The minimum atomic E-state index is -3.47. The van der Waals surface area contributed by atoms with Crippen molar-refractivity contribution < 1.29 is 32.6 Å². The molecule has 0 aliphatic heterocycles. The highest BCUT2D eigenvalue weighted by atomic mass is 32.2. The molecule has 1 atom stereocenters. The molecular weight excluding hydrogens is 452 g/mol. The lowest BCUT2D eigenvalue weighted by atomic mass is 10.2. The number of ether oxygens (including phenoxy) is 2. The molecule has 0 saturated carbocycles. The van der Waals surface area contributed by atoms with E-state index < -0.39 is 27.8 Å². The van der Waals surface area contributed by atoms with Gasteiger partial charge < -0.3 is 19.9 Å². The van der Waals surface area contributed by atoms with Gasteiger partial charge in [-0.1, -0.05) is 6.92 Å². The second-order valence-electron chi connectivity index (χ2n) is 6.96. The molecule has 0 saturated heterocycles. The molecule has 3 rings (SSSR count). The molecule has 2 heterocycles. The van der Waals surface area contributed by atoms with E-state index in [0.29, 0.717) is 5.82 Å². The first-order valence-electron chi connectivity index (χ1n) is 9.79. The molecule has 174 valence electrons. The van der Waals surface area contributed by atoms with E-state index in [9.17, 15) is 18.0 Å². The van der Waals surface area contributed by atoms with E-state index >= 15 is 0 Å². The monoisotopic (exact) mass is 474 g/mol. The van der Waals surface area contributed by atoms with Gasteiger partial charge in [0.15, 0.2) is 26.8 Å². The largest absolute Gasteiger partial charge is 0.479 e. The summed E-state index contributed by atoms with van der Waals surface area (Å²) < 4.78 is 36.5. The topological polar surface area (TPSA) is 150 Å². The highest BCUT2D eigenvalue weighted by molar-refractivity contribution is 7.91. The molecule has 2 aromatic heterocycles. The van der Waals surface area contributed by atoms with Crippen LogP contribution in [0.3, 0.4) is 0 Å². The van der Waals surface area contributed by atoms with Gasteiger partial charge in [0.25, 0.3) is 5.91 Å². The molecule has 1 aromatic carbocycles. The lowest BCUT2D eigenvalue weighted by molar-refractivity contribution is -0.144. The number of nitrogens with one attached hydrogen (secondary N) is 1. The number of carboxylic acid groups (broad SMARTS) is 1. The molecule has 0 spiro atoms. The fraction of sp³-hybridized carbons (Fsp3) is 0.238. The molecule has 33 heavy (non-hydrogen) atoms. The van der Waals surface area contributed by atoms with E-state index in [1.165, 1.54) is 55.1 Å². The molecule has 3 aromatic rings. The van der Waals surface area contributed by atoms with Crippen LogP contribution in [-0.4, -0.2) is 52.0 Å². The maximum absolute atomic E-state index is 12.7. The van der Waals surface area contributed by atoms with Crippen molar-refractivity contribution in [2.45, 2.75) is 25.0 Å². The lowest BCUT2D eigenvalue weighted by Crippen LogP contribution is -2.23. The van der Waals surface area contributed by atoms with Gasteiger partial charge in [-0.05, 0) is 31.2 Å². The van der Waals surface area contributed by atoms with Crippen molar-refractivity contribution >= 4 is 27.5 Å². The van der Waals surface area contributed by atoms with Gasteiger partial charge in [0.2, 0.25) is 0 Å². The Morgan fingerprint density at radius 1 is 1.15 bits per heavy atom. The van der Waals surface area contributed by atoms with Crippen LogP contribution in [0.25, 0.3) is 0 Å². The molecule has 0 radical (unpaired) electrons. The number of aromatic nitrogens is 3. The Hall–Kier alpha value is -3.93. The van der Waals surface area contributed by atoms with Crippen molar-refractivity contribution in [3.63, 3.8) is 0 Å². The van der Waals surface area contributed by atoms with Crippen molar-refractivity contribution in [1.82, 2.24) is 14.8 Å². The van der Waals surface area contributed by atoms with Crippen LogP contribution < -0.4 is 14.8 Å². The third-order valence-electron chi connectivity index (χ3n) is 4.40. The zero-order valence-electron chi connectivity index (χ0n) is 18.0. The molecule has 0 aliphatic carbocycles. The molecule has 12 heteroatoms. The lowest BCUT2D eigenvalue weighted by Gasteiger charge is -2.14. The Labute approximate surface area is 189 Å². The number of amides is 1. The number of rotatable bonds is 9. The van der Waals surface area contributed by atoms with E-state index in [4.69, 9.17) is 14.6 Å². The summed E-state index contributed by atoms with van der Waals surface area (Å²) in [5.41, 5.74) is 0.129. The summed E-state index contributed by atoms with van der Waals surface area (Å²) in [6, 6.07) is 8.56. The van der Waals surface area contributed by atoms with Crippen molar-refractivity contribution in [2.75, 3.05) is 11.1 Å². The predicted molar refractivity (Wildman–Crippen MR) is 117 cm³/mol. The summed E-state index contributed by atoms with van der Waals surface area (Å²) in [5.74, 6) is -1.00. The maximum atomic E-state index is 12.7. The minimum absolute atomic E-state index is 0.0832. The van der Waals surface area contributed by atoms with Gasteiger partial charge in [-0.25, -0.2) is 18.2 Å². The highest BCUT2D eigenvalue weighted by Crippen LogP contribution is 2.29. The van der Waals surface area contributed by atoms with E-state index in [1.54, 1.807) is 19.3 Å². The Morgan fingerprint density at radius 3 is 2.45 bits per heavy atom. The first kappa shape index (κ1) is 23.7. The number of pyridine rings is 1. The zero-order chi connectivity index (χ0) is 24.2. The SMILES string of the molecule is CCS(=O)(=O)c1ccc(Oc2cc(OC(C)C(=O)O)cc(C(=O)Nc3ccn(C)n3)c2)cn1. The Kier molecular flexibility index (Phi) is 6.97. The predicted octanol–water partition coefficient (Wildman–Crippen LogP) is 2.51. The van der Waals surface area contributed by atoms with Gasteiger partial charge in [-0.2, -0.15) is 5.10 Å². The van der Waals surface area contributed by atoms with Crippen LogP contribution in [0.4, 0.5) is 5.82 Å². The summed E-state index contributed by atoms with van der Waals surface area (Å²) in [6.07, 6.45) is 1.73. The normalized spacial score (nSPS) is 12.1.